The van der Waals surface area contributed by atoms with Crippen molar-refractivity contribution in [2.45, 2.75) is 57.5 Å². The Morgan fingerprint density at radius 2 is 1.79 bits per heavy atom. The van der Waals surface area contributed by atoms with Crippen LogP contribution in [0.25, 0.3) is 0 Å². The number of para-hydroxylation sites is 1. The van der Waals surface area contributed by atoms with Gasteiger partial charge in [-0.3, -0.25) is 9.59 Å². The molecule has 2 aromatic carbocycles. The van der Waals surface area contributed by atoms with E-state index in [-0.39, 0.29) is 17.9 Å². The van der Waals surface area contributed by atoms with Gasteiger partial charge >= 0.3 is 0 Å². The summed E-state index contributed by atoms with van der Waals surface area (Å²) in [5, 5.41) is 3.10. The average molecular weight is 451 g/mol. The van der Waals surface area contributed by atoms with E-state index in [2.05, 4.69) is 11.4 Å². The Bertz CT molecular complexity index is 1010. The zero-order chi connectivity index (χ0) is 23.4. The molecule has 1 saturated carbocycles. The molecule has 1 heterocycles. The zero-order valence-corrected chi connectivity index (χ0v) is 19.8. The van der Waals surface area contributed by atoms with E-state index in [1.54, 1.807) is 26.4 Å². The highest BCUT2D eigenvalue weighted by molar-refractivity contribution is 6.00. The maximum absolute atomic E-state index is 13.7. The van der Waals surface area contributed by atoms with E-state index in [0.29, 0.717) is 30.2 Å². The van der Waals surface area contributed by atoms with E-state index in [4.69, 9.17) is 9.47 Å². The molecular weight excluding hydrogens is 416 g/mol. The lowest BCUT2D eigenvalue weighted by atomic mass is 9.84. The molecule has 1 saturated heterocycles. The van der Waals surface area contributed by atoms with E-state index in [9.17, 15) is 9.59 Å². The lowest BCUT2D eigenvalue weighted by molar-refractivity contribution is -0.125. The van der Waals surface area contributed by atoms with Gasteiger partial charge in [0.1, 0.15) is 17.5 Å². The fraction of sp³-hybridized carbons (Fsp3) is 0.481. The lowest BCUT2D eigenvalue weighted by Crippen LogP contribution is -2.50. The molecule has 0 radical (unpaired) electrons. The molecule has 2 fully saturated rings. The van der Waals surface area contributed by atoms with Crippen LogP contribution < -0.4 is 14.8 Å². The molecule has 2 amide bonds. The standard InChI is InChI=1S/C27H34N2O4/c1-18-12-13-24(32-2)20(16-18)14-15-28-26(30)23-17-19-8-4-6-10-22(19)29(23)27(31)21-9-5-7-11-25(21)33-3/h5,7,9,11-13,16,19,22-23H,4,6,8,10,14-15,17H2,1-3H3,(H,28,30). The van der Waals surface area contributed by atoms with Crippen LogP contribution >= 0.6 is 0 Å². The Hall–Kier alpha value is -3.02. The fourth-order valence-corrected chi connectivity index (χ4v) is 5.49. The van der Waals surface area contributed by atoms with Crippen molar-refractivity contribution in [1.29, 1.82) is 0 Å². The second-order valence-electron chi connectivity index (χ2n) is 9.13. The molecule has 1 N–H and O–H groups in total. The first-order chi connectivity index (χ1) is 16.0. The minimum Gasteiger partial charge on any atom is -0.496 e. The molecule has 1 aliphatic carbocycles. The maximum Gasteiger partial charge on any atom is 0.258 e. The van der Waals surface area contributed by atoms with Crippen molar-refractivity contribution in [1.82, 2.24) is 10.2 Å². The molecule has 3 unspecified atom stereocenters. The Morgan fingerprint density at radius 3 is 2.58 bits per heavy atom. The predicted molar refractivity (Wildman–Crippen MR) is 128 cm³/mol. The molecule has 2 aromatic rings. The number of ether oxygens (including phenoxy) is 2. The van der Waals surface area contributed by atoms with E-state index in [1.165, 1.54) is 6.42 Å². The van der Waals surface area contributed by atoms with Crippen molar-refractivity contribution in [3.05, 3.63) is 59.2 Å². The Morgan fingerprint density at radius 1 is 1.03 bits per heavy atom. The number of nitrogens with zero attached hydrogens (tertiary/aromatic N) is 1. The summed E-state index contributed by atoms with van der Waals surface area (Å²) in [6, 6.07) is 13.0. The molecule has 1 aliphatic heterocycles. The van der Waals surface area contributed by atoms with Gasteiger partial charge in [0.2, 0.25) is 5.91 Å². The number of amides is 2. The predicted octanol–water partition coefficient (Wildman–Crippen LogP) is 4.14. The number of benzene rings is 2. The molecule has 0 spiro atoms. The quantitative estimate of drug-likeness (QED) is 0.688. The van der Waals surface area contributed by atoms with E-state index >= 15 is 0 Å². The number of methoxy groups -OCH3 is 2. The fourth-order valence-electron chi connectivity index (χ4n) is 5.49. The number of hydrogen-bond acceptors (Lipinski definition) is 4. The summed E-state index contributed by atoms with van der Waals surface area (Å²) < 4.78 is 10.9. The van der Waals surface area contributed by atoms with E-state index in [0.717, 1.165) is 42.6 Å². The molecule has 176 valence electrons. The van der Waals surface area contributed by atoms with Crippen molar-refractivity contribution in [3.8, 4) is 11.5 Å². The summed E-state index contributed by atoms with van der Waals surface area (Å²) in [4.78, 5) is 28.8. The highest BCUT2D eigenvalue weighted by Gasteiger charge is 2.47. The van der Waals surface area contributed by atoms with Gasteiger partial charge in [0.25, 0.3) is 5.91 Å². The molecule has 3 atom stereocenters. The largest absolute Gasteiger partial charge is 0.496 e. The summed E-state index contributed by atoms with van der Waals surface area (Å²) in [6.07, 6.45) is 5.69. The van der Waals surface area contributed by atoms with Gasteiger partial charge in [0.05, 0.1) is 19.8 Å². The van der Waals surface area contributed by atoms with Crippen LogP contribution in [0, 0.1) is 12.8 Å². The number of aryl methyl sites for hydroxylation is 1. The van der Waals surface area contributed by atoms with Crippen LogP contribution in [0.2, 0.25) is 0 Å². The Kier molecular flexibility index (Phi) is 7.21. The van der Waals surface area contributed by atoms with Gasteiger partial charge in [-0.05, 0) is 62.3 Å². The highest BCUT2D eigenvalue weighted by atomic mass is 16.5. The van der Waals surface area contributed by atoms with E-state index < -0.39 is 6.04 Å². The number of carbonyl (C=O) groups excluding carboxylic acids is 2. The van der Waals surface area contributed by atoms with Gasteiger partial charge in [0, 0.05) is 12.6 Å². The summed E-state index contributed by atoms with van der Waals surface area (Å²) in [7, 11) is 3.23. The summed E-state index contributed by atoms with van der Waals surface area (Å²) in [5.74, 6) is 1.58. The minimum absolute atomic E-state index is 0.0701. The molecule has 33 heavy (non-hydrogen) atoms. The Balaban J connectivity index is 1.50. The van der Waals surface area contributed by atoms with E-state index in [1.807, 2.05) is 36.1 Å². The first-order valence-corrected chi connectivity index (χ1v) is 11.9. The number of rotatable bonds is 7. The molecule has 0 aromatic heterocycles. The lowest BCUT2D eigenvalue weighted by Gasteiger charge is -2.34. The van der Waals surface area contributed by atoms with Crippen LogP contribution in [0.4, 0.5) is 0 Å². The third-order valence-corrected chi connectivity index (χ3v) is 7.09. The second kappa shape index (κ2) is 10.3. The molecule has 6 heteroatoms. The van der Waals surface area contributed by atoms with Gasteiger partial charge < -0.3 is 19.7 Å². The van der Waals surface area contributed by atoms with Gasteiger partial charge in [-0.15, -0.1) is 0 Å². The number of fused-ring (bicyclic) bond motifs is 1. The van der Waals surface area contributed by atoms with Crippen molar-refractivity contribution in [2.24, 2.45) is 5.92 Å². The SMILES string of the molecule is COc1ccc(C)cc1CCNC(=O)C1CC2CCCCC2N1C(=O)c1ccccc1OC. The first kappa shape index (κ1) is 23.1. The normalized spacial score (nSPS) is 21.9. The second-order valence-corrected chi connectivity index (χ2v) is 9.13. The molecule has 6 nitrogen and oxygen atoms in total. The van der Waals surface area contributed by atoms with Crippen LogP contribution in [0.5, 0.6) is 11.5 Å². The van der Waals surface area contributed by atoms with Crippen molar-refractivity contribution < 1.29 is 19.1 Å². The summed E-state index contributed by atoms with van der Waals surface area (Å²) in [5.41, 5.74) is 2.75. The van der Waals surface area contributed by atoms with Crippen molar-refractivity contribution in [2.75, 3.05) is 20.8 Å². The van der Waals surface area contributed by atoms with Crippen molar-refractivity contribution >= 4 is 11.8 Å². The summed E-state index contributed by atoms with van der Waals surface area (Å²) in [6.45, 7) is 2.55. The van der Waals surface area contributed by atoms with Crippen LogP contribution in [0.3, 0.4) is 0 Å². The number of carbonyl (C=O) groups is 2. The van der Waals surface area contributed by atoms with Gasteiger partial charge in [-0.25, -0.2) is 0 Å². The average Bonchev–Trinajstić information content (AvgIpc) is 3.23. The zero-order valence-electron chi connectivity index (χ0n) is 19.8. The number of likely N-dealkylation sites (tertiary alicyclic amines) is 1. The molecule has 2 aliphatic rings. The smallest absolute Gasteiger partial charge is 0.258 e. The van der Waals surface area contributed by atoms with Gasteiger partial charge in [0.15, 0.2) is 0 Å². The highest BCUT2D eigenvalue weighted by Crippen LogP contribution is 2.41. The topological polar surface area (TPSA) is 67.9 Å². The molecule has 4 rings (SSSR count). The third-order valence-electron chi connectivity index (χ3n) is 7.09. The van der Waals surface area contributed by atoms with Crippen LogP contribution in [-0.2, 0) is 11.2 Å². The van der Waals surface area contributed by atoms with Gasteiger partial charge in [-0.2, -0.15) is 0 Å². The third kappa shape index (κ3) is 4.85. The Labute approximate surface area is 196 Å². The molecular formula is C27H34N2O4. The number of nitrogens with one attached hydrogen (secondary N) is 1. The van der Waals surface area contributed by atoms with Crippen LogP contribution in [-0.4, -0.2) is 49.6 Å². The summed E-state index contributed by atoms with van der Waals surface area (Å²) >= 11 is 0. The van der Waals surface area contributed by atoms with Gasteiger partial charge in [-0.1, -0.05) is 42.7 Å². The maximum atomic E-state index is 13.7. The van der Waals surface area contributed by atoms with Crippen LogP contribution in [0.1, 0.15) is 53.6 Å². The molecule has 0 bridgehead atoms. The van der Waals surface area contributed by atoms with Crippen LogP contribution in [0.15, 0.2) is 42.5 Å². The number of hydrogen-bond donors (Lipinski definition) is 1. The van der Waals surface area contributed by atoms with Crippen molar-refractivity contribution in [3.63, 3.8) is 0 Å². The monoisotopic (exact) mass is 450 g/mol. The minimum atomic E-state index is -0.449. The first-order valence-electron chi connectivity index (χ1n) is 11.9.